The highest BCUT2D eigenvalue weighted by molar-refractivity contribution is 6.04. The van der Waals surface area contributed by atoms with Gasteiger partial charge in [-0.2, -0.15) is 5.10 Å². The monoisotopic (exact) mass is 302 g/mol. The molecule has 2 heterocycles. The summed E-state index contributed by atoms with van der Waals surface area (Å²) >= 11 is 0. The van der Waals surface area contributed by atoms with Gasteiger partial charge < -0.3 is 15.5 Å². The maximum Gasteiger partial charge on any atom is 0.291 e. The van der Waals surface area contributed by atoms with Gasteiger partial charge in [-0.1, -0.05) is 0 Å². The van der Waals surface area contributed by atoms with Crippen LogP contribution < -0.4 is 11.1 Å². The molecule has 0 aliphatic rings. The van der Waals surface area contributed by atoms with Crippen molar-refractivity contribution in [3.05, 3.63) is 48.2 Å². The van der Waals surface area contributed by atoms with Crippen molar-refractivity contribution in [2.75, 3.05) is 5.32 Å². The molecule has 0 atom stereocenters. The Balaban J connectivity index is 1.77. The van der Waals surface area contributed by atoms with Gasteiger partial charge >= 0.3 is 0 Å². The SMILES string of the molecule is NC(=O)Cn1cc(NC(=O)c2cc3cc(F)ccc3o2)cn1. The van der Waals surface area contributed by atoms with Crippen molar-refractivity contribution in [1.29, 1.82) is 0 Å². The fraction of sp³-hybridized carbons (Fsp3) is 0.0714. The molecule has 0 fully saturated rings. The van der Waals surface area contributed by atoms with E-state index in [2.05, 4.69) is 10.4 Å². The van der Waals surface area contributed by atoms with E-state index in [4.69, 9.17) is 10.2 Å². The number of carbonyl (C=O) groups is 2. The Morgan fingerprint density at radius 2 is 2.18 bits per heavy atom. The van der Waals surface area contributed by atoms with Crippen LogP contribution in [0.15, 0.2) is 41.1 Å². The van der Waals surface area contributed by atoms with E-state index in [1.165, 1.54) is 41.3 Å². The molecule has 7 nitrogen and oxygen atoms in total. The third kappa shape index (κ3) is 2.80. The first kappa shape index (κ1) is 13.8. The first-order valence-electron chi connectivity index (χ1n) is 6.32. The van der Waals surface area contributed by atoms with Crippen LogP contribution in [0.3, 0.4) is 0 Å². The van der Waals surface area contributed by atoms with Crippen molar-refractivity contribution in [2.45, 2.75) is 6.54 Å². The molecule has 0 unspecified atom stereocenters. The maximum absolute atomic E-state index is 13.1. The molecule has 0 aliphatic heterocycles. The molecule has 0 aliphatic carbocycles. The van der Waals surface area contributed by atoms with Crippen LogP contribution in [0.1, 0.15) is 10.6 Å². The average molecular weight is 302 g/mol. The number of nitrogens with one attached hydrogen (secondary N) is 1. The molecule has 3 aromatic rings. The summed E-state index contributed by atoms with van der Waals surface area (Å²) in [5.41, 5.74) is 5.85. The molecule has 1 aromatic carbocycles. The van der Waals surface area contributed by atoms with Crippen LogP contribution in [0.5, 0.6) is 0 Å². The summed E-state index contributed by atoms with van der Waals surface area (Å²) in [6.45, 7) is -0.0835. The average Bonchev–Trinajstić information content (AvgIpc) is 3.04. The van der Waals surface area contributed by atoms with Gasteiger partial charge in [-0.15, -0.1) is 0 Å². The van der Waals surface area contributed by atoms with Crippen LogP contribution in [-0.4, -0.2) is 21.6 Å². The zero-order valence-electron chi connectivity index (χ0n) is 11.2. The van der Waals surface area contributed by atoms with Crippen molar-refractivity contribution in [3.8, 4) is 0 Å². The van der Waals surface area contributed by atoms with E-state index in [-0.39, 0.29) is 12.3 Å². The molecule has 112 valence electrons. The van der Waals surface area contributed by atoms with Gasteiger partial charge in [0.15, 0.2) is 5.76 Å². The first-order chi connectivity index (χ1) is 10.5. The number of benzene rings is 1. The molecule has 0 saturated carbocycles. The van der Waals surface area contributed by atoms with E-state index in [1.807, 2.05) is 0 Å². The van der Waals surface area contributed by atoms with E-state index in [0.717, 1.165) is 0 Å². The highest BCUT2D eigenvalue weighted by Gasteiger charge is 2.14. The number of amides is 2. The van der Waals surface area contributed by atoms with E-state index in [1.54, 1.807) is 0 Å². The third-order valence-electron chi connectivity index (χ3n) is 2.91. The Labute approximate surface area is 123 Å². The Morgan fingerprint density at radius 1 is 1.36 bits per heavy atom. The number of fused-ring (bicyclic) bond motifs is 1. The Bertz CT molecular complexity index is 868. The summed E-state index contributed by atoms with van der Waals surface area (Å²) in [4.78, 5) is 22.8. The normalized spacial score (nSPS) is 10.8. The molecule has 0 radical (unpaired) electrons. The van der Waals surface area contributed by atoms with Crippen LogP contribution in [0.4, 0.5) is 10.1 Å². The largest absolute Gasteiger partial charge is 0.451 e. The number of nitrogens with two attached hydrogens (primary N) is 1. The summed E-state index contributed by atoms with van der Waals surface area (Å²) in [7, 11) is 0. The zero-order chi connectivity index (χ0) is 15.7. The highest BCUT2D eigenvalue weighted by atomic mass is 19.1. The molecule has 0 spiro atoms. The summed E-state index contributed by atoms with van der Waals surface area (Å²) in [5, 5.41) is 6.94. The molecule has 8 heteroatoms. The molecule has 0 saturated heterocycles. The van der Waals surface area contributed by atoms with Gasteiger partial charge in [0.1, 0.15) is 17.9 Å². The van der Waals surface area contributed by atoms with Crippen LogP contribution in [0, 0.1) is 5.82 Å². The van der Waals surface area contributed by atoms with E-state index >= 15 is 0 Å². The fourth-order valence-corrected chi connectivity index (χ4v) is 1.99. The van der Waals surface area contributed by atoms with Crippen molar-refractivity contribution in [3.63, 3.8) is 0 Å². The standard InChI is InChI=1S/C14H11FN4O3/c15-9-1-2-11-8(3-9)4-12(22-11)14(21)18-10-5-17-19(6-10)7-13(16)20/h1-6H,7H2,(H2,16,20)(H,18,21). The van der Waals surface area contributed by atoms with Crippen LogP contribution in [0.25, 0.3) is 11.0 Å². The van der Waals surface area contributed by atoms with Gasteiger partial charge in [0, 0.05) is 11.6 Å². The number of rotatable bonds is 4. The summed E-state index contributed by atoms with van der Waals surface area (Å²) in [6, 6.07) is 5.43. The van der Waals surface area contributed by atoms with Crippen molar-refractivity contribution < 1.29 is 18.4 Å². The van der Waals surface area contributed by atoms with E-state index in [0.29, 0.717) is 16.7 Å². The Morgan fingerprint density at radius 3 is 2.95 bits per heavy atom. The van der Waals surface area contributed by atoms with Crippen molar-refractivity contribution in [1.82, 2.24) is 9.78 Å². The van der Waals surface area contributed by atoms with Gasteiger partial charge in [0.25, 0.3) is 5.91 Å². The number of hydrogen-bond acceptors (Lipinski definition) is 4. The Kier molecular flexibility index (Phi) is 3.34. The lowest BCUT2D eigenvalue weighted by Gasteiger charge is -1.98. The molecule has 2 aromatic heterocycles. The van der Waals surface area contributed by atoms with E-state index in [9.17, 15) is 14.0 Å². The van der Waals surface area contributed by atoms with Crippen molar-refractivity contribution in [2.24, 2.45) is 5.73 Å². The molecular formula is C14H11FN4O3. The topological polar surface area (TPSA) is 103 Å². The molecule has 2 amide bonds. The first-order valence-corrected chi connectivity index (χ1v) is 6.32. The summed E-state index contributed by atoms with van der Waals surface area (Å²) < 4.78 is 19.8. The molecule has 3 rings (SSSR count). The second-order valence-corrected chi connectivity index (χ2v) is 4.64. The van der Waals surface area contributed by atoms with Gasteiger partial charge in [0.2, 0.25) is 5.91 Å². The fourth-order valence-electron chi connectivity index (χ4n) is 1.99. The Hall–Kier alpha value is -3.16. The van der Waals surface area contributed by atoms with Crippen LogP contribution in [0.2, 0.25) is 0 Å². The zero-order valence-corrected chi connectivity index (χ0v) is 11.2. The van der Waals surface area contributed by atoms with Crippen molar-refractivity contribution >= 4 is 28.5 Å². The number of primary amides is 1. The van der Waals surface area contributed by atoms with Gasteiger partial charge in [-0.25, -0.2) is 4.39 Å². The highest BCUT2D eigenvalue weighted by Crippen LogP contribution is 2.21. The minimum absolute atomic E-state index is 0.0447. The second-order valence-electron chi connectivity index (χ2n) is 4.64. The number of furan rings is 1. The number of anilines is 1. The minimum Gasteiger partial charge on any atom is -0.451 e. The maximum atomic E-state index is 13.1. The number of halogens is 1. The lowest BCUT2D eigenvalue weighted by Crippen LogP contribution is -2.18. The lowest BCUT2D eigenvalue weighted by molar-refractivity contribution is -0.118. The number of aromatic nitrogens is 2. The van der Waals surface area contributed by atoms with Gasteiger partial charge in [-0.3, -0.25) is 14.3 Å². The van der Waals surface area contributed by atoms with Crippen LogP contribution in [-0.2, 0) is 11.3 Å². The number of carbonyl (C=O) groups excluding carboxylic acids is 2. The predicted molar refractivity (Wildman–Crippen MR) is 75.5 cm³/mol. The smallest absolute Gasteiger partial charge is 0.291 e. The molecular weight excluding hydrogens is 291 g/mol. The second kappa shape index (κ2) is 5.32. The van der Waals surface area contributed by atoms with Gasteiger partial charge in [-0.05, 0) is 24.3 Å². The summed E-state index contributed by atoms with van der Waals surface area (Å²) in [5.74, 6) is -1.41. The predicted octanol–water partition coefficient (Wildman–Crippen LogP) is 1.51. The van der Waals surface area contributed by atoms with Gasteiger partial charge in [0.05, 0.1) is 11.9 Å². The summed E-state index contributed by atoms with van der Waals surface area (Å²) in [6.07, 6.45) is 2.84. The number of hydrogen-bond donors (Lipinski definition) is 2. The lowest BCUT2D eigenvalue weighted by atomic mass is 10.2. The third-order valence-corrected chi connectivity index (χ3v) is 2.91. The molecule has 3 N–H and O–H groups in total. The molecule has 22 heavy (non-hydrogen) atoms. The van der Waals surface area contributed by atoms with E-state index < -0.39 is 17.6 Å². The number of nitrogens with zero attached hydrogens (tertiary/aromatic N) is 2. The minimum atomic E-state index is -0.541. The van der Waals surface area contributed by atoms with Crippen LogP contribution >= 0.6 is 0 Å². The molecule has 0 bridgehead atoms. The quantitative estimate of drug-likeness (QED) is 0.762.